The van der Waals surface area contributed by atoms with E-state index < -0.39 is 5.91 Å². The number of nitrogens with zero attached hydrogens (tertiary/aromatic N) is 1. The number of carbonyl (C=O) groups excluding carboxylic acids is 1. The van der Waals surface area contributed by atoms with Crippen molar-refractivity contribution >= 4 is 11.6 Å². The summed E-state index contributed by atoms with van der Waals surface area (Å²) in [4.78, 5) is 12.0. The maximum Gasteiger partial charge on any atom is 0.276 e. The van der Waals surface area contributed by atoms with E-state index >= 15 is 0 Å². The minimum Gasteiger partial charge on any atom is -0.506 e. The number of benzene rings is 1. The van der Waals surface area contributed by atoms with Crippen molar-refractivity contribution in [1.82, 2.24) is 10.2 Å². The molecule has 0 aliphatic carbocycles. The SMILES string of the molecule is O=C(Nc1ccccc1O)c1cc(-c2ccco2)[nH]n1. The van der Waals surface area contributed by atoms with E-state index in [4.69, 9.17) is 4.42 Å². The number of hydrogen-bond donors (Lipinski definition) is 3. The van der Waals surface area contributed by atoms with Crippen LogP contribution in [0.25, 0.3) is 11.5 Å². The number of H-pyrrole nitrogens is 1. The van der Waals surface area contributed by atoms with Crippen LogP contribution in [-0.2, 0) is 0 Å². The van der Waals surface area contributed by atoms with Crippen molar-refractivity contribution in [2.75, 3.05) is 5.32 Å². The highest BCUT2D eigenvalue weighted by Crippen LogP contribution is 2.23. The number of hydrogen-bond acceptors (Lipinski definition) is 4. The van der Waals surface area contributed by atoms with Gasteiger partial charge in [0.05, 0.1) is 12.0 Å². The highest BCUT2D eigenvalue weighted by molar-refractivity contribution is 6.04. The molecule has 0 radical (unpaired) electrons. The highest BCUT2D eigenvalue weighted by Gasteiger charge is 2.14. The number of aromatic hydroxyl groups is 1. The molecule has 0 aliphatic heterocycles. The van der Waals surface area contributed by atoms with Crippen molar-refractivity contribution in [2.24, 2.45) is 0 Å². The van der Waals surface area contributed by atoms with Gasteiger partial charge in [-0.15, -0.1) is 0 Å². The van der Waals surface area contributed by atoms with Crippen LogP contribution in [0.4, 0.5) is 5.69 Å². The second-order valence-corrected chi connectivity index (χ2v) is 4.12. The lowest BCUT2D eigenvalue weighted by Gasteiger charge is -2.04. The van der Waals surface area contributed by atoms with E-state index in [1.165, 1.54) is 12.3 Å². The Labute approximate surface area is 114 Å². The number of furan rings is 1. The van der Waals surface area contributed by atoms with E-state index in [0.29, 0.717) is 17.1 Å². The lowest BCUT2D eigenvalue weighted by molar-refractivity contribution is 0.102. The molecular weight excluding hydrogens is 258 g/mol. The van der Waals surface area contributed by atoms with E-state index in [9.17, 15) is 9.90 Å². The van der Waals surface area contributed by atoms with Crippen molar-refractivity contribution < 1.29 is 14.3 Å². The first kappa shape index (κ1) is 12.0. The first-order chi connectivity index (χ1) is 9.74. The molecule has 0 spiro atoms. The maximum absolute atomic E-state index is 12.0. The molecule has 3 rings (SSSR count). The van der Waals surface area contributed by atoms with Crippen molar-refractivity contribution in [3.63, 3.8) is 0 Å². The standard InChI is InChI=1S/C14H11N3O3/c18-12-5-2-1-4-9(12)15-14(19)11-8-10(16-17-11)13-6-3-7-20-13/h1-8,18H,(H,15,19)(H,16,17). The minimum absolute atomic E-state index is 0.00245. The van der Waals surface area contributed by atoms with E-state index in [-0.39, 0.29) is 11.4 Å². The van der Waals surface area contributed by atoms with Crippen LogP contribution in [-0.4, -0.2) is 21.2 Å². The number of para-hydroxylation sites is 2. The summed E-state index contributed by atoms with van der Waals surface area (Å²) in [5.41, 5.74) is 1.15. The second-order valence-electron chi connectivity index (χ2n) is 4.12. The summed E-state index contributed by atoms with van der Waals surface area (Å²) in [6.07, 6.45) is 1.54. The third-order valence-electron chi connectivity index (χ3n) is 2.75. The van der Waals surface area contributed by atoms with Gasteiger partial charge in [0, 0.05) is 6.07 Å². The zero-order valence-corrected chi connectivity index (χ0v) is 10.3. The Kier molecular flexibility index (Phi) is 2.96. The Bertz CT molecular complexity index is 732. The molecule has 0 saturated carbocycles. The quantitative estimate of drug-likeness (QED) is 0.637. The molecule has 0 saturated heterocycles. The topological polar surface area (TPSA) is 91.1 Å². The van der Waals surface area contributed by atoms with Crippen molar-refractivity contribution in [3.8, 4) is 17.2 Å². The van der Waals surface area contributed by atoms with Gasteiger partial charge in [-0.25, -0.2) is 0 Å². The molecule has 0 aliphatic rings. The van der Waals surface area contributed by atoms with Gasteiger partial charge in [-0.2, -0.15) is 5.10 Å². The van der Waals surface area contributed by atoms with Crippen LogP contribution >= 0.6 is 0 Å². The minimum atomic E-state index is -0.416. The molecule has 0 unspecified atom stereocenters. The lowest BCUT2D eigenvalue weighted by atomic mass is 10.2. The highest BCUT2D eigenvalue weighted by atomic mass is 16.3. The molecule has 0 atom stereocenters. The van der Waals surface area contributed by atoms with E-state index in [2.05, 4.69) is 15.5 Å². The maximum atomic E-state index is 12.0. The molecule has 3 aromatic rings. The number of rotatable bonds is 3. The van der Waals surface area contributed by atoms with Gasteiger partial charge in [0.25, 0.3) is 5.91 Å². The van der Waals surface area contributed by atoms with Crippen LogP contribution in [0.1, 0.15) is 10.5 Å². The molecule has 0 bridgehead atoms. The monoisotopic (exact) mass is 269 g/mol. The number of aromatic amines is 1. The average molecular weight is 269 g/mol. The van der Waals surface area contributed by atoms with Crippen LogP contribution in [0.15, 0.2) is 53.1 Å². The largest absolute Gasteiger partial charge is 0.506 e. The molecule has 1 aromatic carbocycles. The zero-order chi connectivity index (χ0) is 13.9. The number of anilines is 1. The van der Waals surface area contributed by atoms with E-state index in [0.717, 1.165) is 0 Å². The molecule has 100 valence electrons. The van der Waals surface area contributed by atoms with Gasteiger partial charge >= 0.3 is 0 Å². The van der Waals surface area contributed by atoms with E-state index in [1.807, 2.05) is 0 Å². The first-order valence-corrected chi connectivity index (χ1v) is 5.92. The van der Waals surface area contributed by atoms with Crippen LogP contribution < -0.4 is 5.32 Å². The third-order valence-corrected chi connectivity index (χ3v) is 2.75. The third kappa shape index (κ3) is 2.26. The Morgan fingerprint density at radius 2 is 2.10 bits per heavy atom. The molecular formula is C14H11N3O3. The second kappa shape index (κ2) is 4.93. The Morgan fingerprint density at radius 3 is 2.85 bits per heavy atom. The van der Waals surface area contributed by atoms with Gasteiger partial charge < -0.3 is 14.8 Å². The Hall–Kier alpha value is -3.02. The molecule has 1 amide bonds. The summed E-state index contributed by atoms with van der Waals surface area (Å²) >= 11 is 0. The summed E-state index contributed by atoms with van der Waals surface area (Å²) in [5.74, 6) is 0.183. The van der Waals surface area contributed by atoms with Gasteiger partial charge in [-0.1, -0.05) is 12.1 Å². The number of amides is 1. The average Bonchev–Trinajstić information content (AvgIpc) is 3.11. The zero-order valence-electron chi connectivity index (χ0n) is 10.3. The molecule has 6 heteroatoms. The van der Waals surface area contributed by atoms with Gasteiger partial charge in [0.1, 0.15) is 11.4 Å². The molecule has 3 N–H and O–H groups in total. The van der Waals surface area contributed by atoms with E-state index in [1.54, 1.807) is 36.4 Å². The number of phenolic OH excluding ortho intramolecular Hbond substituents is 1. The van der Waals surface area contributed by atoms with Crippen molar-refractivity contribution in [1.29, 1.82) is 0 Å². The fourth-order valence-electron chi connectivity index (χ4n) is 1.76. The summed E-state index contributed by atoms with van der Waals surface area (Å²) < 4.78 is 5.21. The molecule has 2 heterocycles. The summed E-state index contributed by atoms with van der Waals surface area (Å²) in [6, 6.07) is 11.6. The fourth-order valence-corrected chi connectivity index (χ4v) is 1.76. The summed E-state index contributed by atoms with van der Waals surface area (Å²) in [6.45, 7) is 0. The van der Waals surface area contributed by atoms with Crippen LogP contribution in [0.2, 0.25) is 0 Å². The normalized spacial score (nSPS) is 10.4. The molecule has 2 aromatic heterocycles. The number of nitrogens with one attached hydrogen (secondary N) is 2. The van der Waals surface area contributed by atoms with Crippen molar-refractivity contribution in [3.05, 3.63) is 54.4 Å². The van der Waals surface area contributed by atoms with Crippen LogP contribution in [0.3, 0.4) is 0 Å². The fraction of sp³-hybridized carbons (Fsp3) is 0. The Balaban J connectivity index is 1.80. The van der Waals surface area contributed by atoms with Crippen LogP contribution in [0, 0.1) is 0 Å². The molecule has 0 fully saturated rings. The lowest BCUT2D eigenvalue weighted by Crippen LogP contribution is -2.12. The Morgan fingerprint density at radius 1 is 1.25 bits per heavy atom. The van der Waals surface area contributed by atoms with Gasteiger partial charge in [0.2, 0.25) is 0 Å². The van der Waals surface area contributed by atoms with Gasteiger partial charge in [-0.3, -0.25) is 9.89 Å². The number of carbonyl (C=O) groups is 1. The summed E-state index contributed by atoms with van der Waals surface area (Å²) in [7, 11) is 0. The number of aromatic nitrogens is 2. The molecule has 6 nitrogen and oxygen atoms in total. The van der Waals surface area contributed by atoms with Gasteiger partial charge in [-0.05, 0) is 24.3 Å². The smallest absolute Gasteiger partial charge is 0.276 e. The van der Waals surface area contributed by atoms with Crippen LogP contribution in [0.5, 0.6) is 5.75 Å². The van der Waals surface area contributed by atoms with Crippen molar-refractivity contribution in [2.45, 2.75) is 0 Å². The summed E-state index contributed by atoms with van der Waals surface area (Å²) in [5, 5.41) is 18.8. The number of phenols is 1. The van der Waals surface area contributed by atoms with Gasteiger partial charge in [0.15, 0.2) is 11.5 Å². The molecule has 20 heavy (non-hydrogen) atoms. The predicted molar refractivity (Wildman–Crippen MR) is 72.3 cm³/mol. The first-order valence-electron chi connectivity index (χ1n) is 5.92. The predicted octanol–water partition coefficient (Wildman–Crippen LogP) is 2.63.